The average molecular weight is 245 g/mol. The smallest absolute Gasteiger partial charge is 0.123 e. The van der Waals surface area contributed by atoms with Crippen LogP contribution >= 0.6 is 0 Å². The van der Waals surface area contributed by atoms with Crippen molar-refractivity contribution in [1.29, 1.82) is 0 Å². The van der Waals surface area contributed by atoms with Gasteiger partial charge >= 0.3 is 0 Å². The number of nitrogens with zero attached hydrogens (tertiary/aromatic N) is 1. The summed E-state index contributed by atoms with van der Waals surface area (Å²) in [7, 11) is 0. The first-order valence-corrected chi connectivity index (χ1v) is 6.01. The van der Waals surface area contributed by atoms with E-state index >= 15 is 0 Å². The predicted octanol–water partition coefficient (Wildman–Crippen LogP) is 3.17. The summed E-state index contributed by atoms with van der Waals surface area (Å²) in [6.07, 6.45) is 1.67. The highest BCUT2D eigenvalue weighted by Crippen LogP contribution is 2.26. The van der Waals surface area contributed by atoms with Crippen LogP contribution in [-0.4, -0.2) is 10.1 Å². The summed E-state index contributed by atoms with van der Waals surface area (Å²) in [4.78, 5) is 4.25. The minimum Gasteiger partial charge on any atom is -0.382 e. The molecule has 0 spiro atoms. The van der Waals surface area contributed by atoms with Crippen molar-refractivity contribution in [3.05, 3.63) is 64.7 Å². The van der Waals surface area contributed by atoms with Crippen LogP contribution in [0.4, 0.5) is 4.39 Å². The molecule has 1 aromatic heterocycles. The lowest BCUT2D eigenvalue weighted by molar-refractivity contribution is 0.213. The van der Waals surface area contributed by atoms with Gasteiger partial charge < -0.3 is 5.11 Å². The maximum atomic E-state index is 13.1. The van der Waals surface area contributed by atoms with Crippen LogP contribution in [0.1, 0.15) is 35.4 Å². The molecule has 0 aliphatic heterocycles. The molecule has 2 nitrogen and oxygen atoms in total. The molecule has 2 aromatic rings. The maximum Gasteiger partial charge on any atom is 0.123 e. The third-order valence-corrected chi connectivity index (χ3v) is 3.09. The number of aliphatic hydroxyl groups excluding tert-OH is 1. The first-order valence-electron chi connectivity index (χ1n) is 6.01. The molecule has 1 aromatic carbocycles. The van der Waals surface area contributed by atoms with Crippen LogP contribution in [0.25, 0.3) is 0 Å². The van der Waals surface area contributed by atoms with Gasteiger partial charge in [-0.25, -0.2) is 4.39 Å². The van der Waals surface area contributed by atoms with E-state index in [0.29, 0.717) is 11.3 Å². The molecule has 1 unspecified atom stereocenters. The predicted molar refractivity (Wildman–Crippen MR) is 68.8 cm³/mol. The summed E-state index contributed by atoms with van der Waals surface area (Å²) in [5, 5.41) is 10.4. The number of hydrogen-bond donors (Lipinski definition) is 1. The van der Waals surface area contributed by atoms with E-state index in [2.05, 4.69) is 4.98 Å². The van der Waals surface area contributed by atoms with Gasteiger partial charge in [0.25, 0.3) is 0 Å². The lowest BCUT2D eigenvalue weighted by Gasteiger charge is -2.16. The molecule has 1 heterocycles. The summed E-state index contributed by atoms with van der Waals surface area (Å²) in [5.74, 6) is -0.291. The Kier molecular flexibility index (Phi) is 3.72. The summed E-state index contributed by atoms with van der Waals surface area (Å²) >= 11 is 0. The normalized spacial score (nSPS) is 12.4. The van der Waals surface area contributed by atoms with Gasteiger partial charge in [0.15, 0.2) is 0 Å². The van der Waals surface area contributed by atoms with Gasteiger partial charge in [0.05, 0.1) is 5.69 Å². The fourth-order valence-electron chi connectivity index (χ4n) is 2.09. The van der Waals surface area contributed by atoms with E-state index in [1.54, 1.807) is 19.2 Å². The van der Waals surface area contributed by atoms with Gasteiger partial charge in [-0.15, -0.1) is 0 Å². The molecule has 94 valence electrons. The number of benzene rings is 1. The summed E-state index contributed by atoms with van der Waals surface area (Å²) in [6.45, 7) is 3.81. The highest BCUT2D eigenvalue weighted by atomic mass is 19.1. The monoisotopic (exact) mass is 245 g/mol. The zero-order valence-corrected chi connectivity index (χ0v) is 10.5. The van der Waals surface area contributed by atoms with E-state index in [1.165, 1.54) is 12.1 Å². The highest BCUT2D eigenvalue weighted by molar-refractivity contribution is 5.36. The van der Waals surface area contributed by atoms with Crippen molar-refractivity contribution in [2.24, 2.45) is 0 Å². The Labute approximate surface area is 106 Å². The molecular formula is C15H16FNO. The number of rotatable bonds is 3. The fraction of sp³-hybridized carbons (Fsp3) is 0.267. The van der Waals surface area contributed by atoms with Gasteiger partial charge in [-0.1, -0.05) is 19.1 Å². The Bertz CT molecular complexity index is 554. The molecule has 0 saturated heterocycles. The largest absolute Gasteiger partial charge is 0.382 e. The fourth-order valence-corrected chi connectivity index (χ4v) is 2.09. The molecule has 0 radical (unpaired) electrons. The van der Waals surface area contributed by atoms with Crippen molar-refractivity contribution >= 4 is 0 Å². The third kappa shape index (κ3) is 2.41. The lowest BCUT2D eigenvalue weighted by Crippen LogP contribution is -2.07. The molecule has 0 aliphatic carbocycles. The SMILES string of the molecule is CCc1cccnc1C(O)c1ccc(F)cc1C. The zero-order valence-electron chi connectivity index (χ0n) is 10.5. The van der Waals surface area contributed by atoms with Gasteiger partial charge in [-0.3, -0.25) is 4.98 Å². The first-order chi connectivity index (χ1) is 8.63. The Morgan fingerprint density at radius 1 is 1.33 bits per heavy atom. The van der Waals surface area contributed by atoms with Crippen molar-refractivity contribution in [1.82, 2.24) is 4.98 Å². The molecule has 3 heteroatoms. The molecule has 0 saturated carbocycles. The number of halogens is 1. The van der Waals surface area contributed by atoms with Gasteiger partial charge in [-0.05, 0) is 48.2 Å². The molecule has 2 rings (SSSR count). The van der Waals surface area contributed by atoms with Gasteiger partial charge in [-0.2, -0.15) is 0 Å². The number of pyridine rings is 1. The van der Waals surface area contributed by atoms with Gasteiger partial charge in [0.1, 0.15) is 11.9 Å². The van der Waals surface area contributed by atoms with Crippen LogP contribution in [-0.2, 0) is 6.42 Å². The van der Waals surface area contributed by atoms with Crippen LogP contribution < -0.4 is 0 Å². The second kappa shape index (κ2) is 5.27. The minimum atomic E-state index is -0.804. The average Bonchev–Trinajstić information content (AvgIpc) is 2.38. The highest BCUT2D eigenvalue weighted by Gasteiger charge is 2.17. The van der Waals surface area contributed by atoms with Crippen molar-refractivity contribution in [2.45, 2.75) is 26.4 Å². The number of hydrogen-bond acceptors (Lipinski definition) is 2. The lowest BCUT2D eigenvalue weighted by atomic mass is 9.97. The molecule has 1 N–H and O–H groups in total. The Morgan fingerprint density at radius 3 is 2.78 bits per heavy atom. The van der Waals surface area contributed by atoms with Crippen molar-refractivity contribution in [3.8, 4) is 0 Å². The molecule has 0 amide bonds. The van der Waals surface area contributed by atoms with E-state index in [9.17, 15) is 9.50 Å². The molecule has 0 aliphatic rings. The molecule has 1 atom stereocenters. The third-order valence-electron chi connectivity index (χ3n) is 3.09. The van der Waals surface area contributed by atoms with Crippen LogP contribution in [0.3, 0.4) is 0 Å². The van der Waals surface area contributed by atoms with E-state index in [4.69, 9.17) is 0 Å². The second-order valence-corrected chi connectivity index (χ2v) is 4.30. The van der Waals surface area contributed by atoms with E-state index in [-0.39, 0.29) is 5.82 Å². The van der Waals surface area contributed by atoms with Crippen LogP contribution in [0, 0.1) is 12.7 Å². The van der Waals surface area contributed by atoms with E-state index < -0.39 is 6.10 Å². The molecule has 0 fully saturated rings. The molecule has 0 bridgehead atoms. The Morgan fingerprint density at radius 2 is 2.11 bits per heavy atom. The van der Waals surface area contributed by atoms with Gasteiger partial charge in [0, 0.05) is 6.20 Å². The molecular weight excluding hydrogens is 229 g/mol. The van der Waals surface area contributed by atoms with Crippen LogP contribution in [0.15, 0.2) is 36.5 Å². The van der Waals surface area contributed by atoms with Crippen LogP contribution in [0.2, 0.25) is 0 Å². The maximum absolute atomic E-state index is 13.1. The van der Waals surface area contributed by atoms with Gasteiger partial charge in [0.2, 0.25) is 0 Å². The van der Waals surface area contributed by atoms with E-state index in [1.807, 2.05) is 19.1 Å². The summed E-state index contributed by atoms with van der Waals surface area (Å²) in [5.41, 5.74) is 3.09. The quantitative estimate of drug-likeness (QED) is 0.901. The zero-order chi connectivity index (χ0) is 13.1. The Balaban J connectivity index is 2.44. The minimum absolute atomic E-state index is 0.291. The summed E-state index contributed by atoms with van der Waals surface area (Å²) < 4.78 is 13.1. The van der Waals surface area contributed by atoms with Crippen LogP contribution in [0.5, 0.6) is 0 Å². The van der Waals surface area contributed by atoms with Crippen molar-refractivity contribution < 1.29 is 9.50 Å². The summed E-state index contributed by atoms with van der Waals surface area (Å²) in [6, 6.07) is 8.20. The Hall–Kier alpha value is -1.74. The first kappa shape index (κ1) is 12.7. The number of aromatic nitrogens is 1. The van der Waals surface area contributed by atoms with Crippen molar-refractivity contribution in [2.75, 3.05) is 0 Å². The second-order valence-electron chi connectivity index (χ2n) is 4.30. The molecule has 18 heavy (non-hydrogen) atoms. The topological polar surface area (TPSA) is 33.1 Å². The number of aryl methyl sites for hydroxylation is 2. The van der Waals surface area contributed by atoms with Crippen molar-refractivity contribution in [3.63, 3.8) is 0 Å². The standard InChI is InChI=1S/C15H16FNO/c1-3-11-5-4-8-17-14(11)15(18)13-7-6-12(16)9-10(13)2/h4-9,15,18H,3H2,1-2H3. The van der Waals surface area contributed by atoms with E-state index in [0.717, 1.165) is 17.5 Å². The number of aliphatic hydroxyl groups is 1.